The van der Waals surface area contributed by atoms with Crippen LogP contribution in [0, 0.1) is 0 Å². The molecular weight excluding hydrogens is 328 g/mol. The van der Waals surface area contributed by atoms with E-state index in [1.54, 1.807) is 6.20 Å². The van der Waals surface area contributed by atoms with Crippen molar-refractivity contribution in [3.05, 3.63) is 39.9 Å². The van der Waals surface area contributed by atoms with Crippen LogP contribution in [0.5, 0.6) is 0 Å². The smallest absolute Gasteiger partial charge is 0.0653 e. The van der Waals surface area contributed by atoms with Crippen molar-refractivity contribution in [2.75, 3.05) is 5.32 Å². The van der Waals surface area contributed by atoms with Crippen molar-refractivity contribution in [1.29, 1.82) is 0 Å². The molecule has 3 rings (SSSR count). The molecule has 0 bridgehead atoms. The molecule has 0 radical (unpaired) electrons. The number of nitrogens with one attached hydrogen (secondary N) is 1. The number of nitrogens with zero attached hydrogens (tertiary/aromatic N) is 1. The molecule has 3 heterocycles. The first kappa shape index (κ1) is 12.5. The first-order chi connectivity index (χ1) is 8.72. The van der Waals surface area contributed by atoms with E-state index < -0.39 is 0 Å². The fourth-order valence-corrected chi connectivity index (χ4v) is 5.11. The van der Waals surface area contributed by atoms with Crippen LogP contribution in [-0.2, 0) is 0 Å². The average Bonchev–Trinajstić information content (AvgIpc) is 2.77. The number of thioether (sulfide) groups is 1. The van der Waals surface area contributed by atoms with Crippen molar-refractivity contribution < 1.29 is 0 Å². The number of thiophene rings is 1. The highest BCUT2D eigenvalue weighted by molar-refractivity contribution is 9.10. The third-order valence-electron chi connectivity index (χ3n) is 2.96. The van der Waals surface area contributed by atoms with Gasteiger partial charge in [-0.15, -0.1) is 23.1 Å². The monoisotopic (exact) mass is 340 g/mol. The van der Waals surface area contributed by atoms with E-state index in [1.165, 1.54) is 9.77 Å². The van der Waals surface area contributed by atoms with Gasteiger partial charge in [0.2, 0.25) is 0 Å². The molecule has 0 aliphatic carbocycles. The lowest BCUT2D eigenvalue weighted by molar-refractivity contribution is 0.669. The Balaban J connectivity index is 1.86. The van der Waals surface area contributed by atoms with Crippen molar-refractivity contribution in [3.8, 4) is 0 Å². The van der Waals surface area contributed by atoms with Gasteiger partial charge in [-0.2, -0.15) is 0 Å². The molecule has 1 N–H and O–H groups in total. The van der Waals surface area contributed by atoms with Gasteiger partial charge in [-0.3, -0.25) is 4.98 Å². The topological polar surface area (TPSA) is 24.9 Å². The van der Waals surface area contributed by atoms with E-state index in [9.17, 15) is 0 Å². The molecule has 2 aromatic rings. The summed E-state index contributed by atoms with van der Waals surface area (Å²) in [5.74, 6) is 0. The molecule has 1 aliphatic heterocycles. The minimum Gasteiger partial charge on any atom is -0.377 e. The zero-order valence-corrected chi connectivity index (χ0v) is 13.1. The summed E-state index contributed by atoms with van der Waals surface area (Å²) in [5, 5.41) is 6.44. The first-order valence-electron chi connectivity index (χ1n) is 5.83. The molecular formula is C13H13BrN2S2. The summed E-state index contributed by atoms with van der Waals surface area (Å²) >= 11 is 7.29. The Morgan fingerprint density at radius 2 is 2.33 bits per heavy atom. The average molecular weight is 341 g/mol. The van der Waals surface area contributed by atoms with Crippen molar-refractivity contribution in [1.82, 2.24) is 4.98 Å². The van der Waals surface area contributed by atoms with Gasteiger partial charge in [-0.1, -0.05) is 6.92 Å². The number of halogens is 1. The van der Waals surface area contributed by atoms with Crippen LogP contribution in [0.15, 0.2) is 38.6 Å². The van der Waals surface area contributed by atoms with E-state index in [0.717, 1.165) is 16.6 Å². The Hall–Kier alpha value is -0.520. The molecule has 1 unspecified atom stereocenters. The lowest BCUT2D eigenvalue weighted by atomic mass is 10.0. The molecule has 2 aromatic heterocycles. The number of pyridine rings is 1. The Labute approximate surface area is 123 Å². The minimum absolute atomic E-state index is 0.401. The van der Waals surface area contributed by atoms with E-state index >= 15 is 0 Å². The molecule has 0 saturated carbocycles. The lowest BCUT2D eigenvalue weighted by Gasteiger charge is -2.28. The summed E-state index contributed by atoms with van der Waals surface area (Å²) in [6.07, 6.45) is 4.84. The lowest BCUT2D eigenvalue weighted by Crippen LogP contribution is -2.19. The second-order valence-electron chi connectivity index (χ2n) is 4.42. The van der Waals surface area contributed by atoms with Crippen molar-refractivity contribution in [3.63, 3.8) is 0 Å². The van der Waals surface area contributed by atoms with Crippen LogP contribution in [-0.4, -0.2) is 10.2 Å². The SMILES string of the molecule is C[C@H]1CC(Nc2cncc(Br)c2)c2ccsc2S1. The highest BCUT2D eigenvalue weighted by atomic mass is 79.9. The molecule has 0 saturated heterocycles. The summed E-state index contributed by atoms with van der Waals surface area (Å²) in [6.45, 7) is 2.29. The molecule has 5 heteroatoms. The highest BCUT2D eigenvalue weighted by Gasteiger charge is 2.26. The number of hydrogen-bond acceptors (Lipinski definition) is 4. The standard InChI is InChI=1S/C13H13BrN2S2/c1-8-4-12(11-2-3-17-13(11)18-8)16-10-5-9(14)6-15-7-10/h2-3,5-8,12,16H,4H2,1H3/t8-,12?/m0/s1. The third-order valence-corrected chi connectivity index (χ3v) is 5.73. The molecule has 0 aromatic carbocycles. The highest BCUT2D eigenvalue weighted by Crippen LogP contribution is 2.44. The number of fused-ring (bicyclic) bond motifs is 1. The van der Waals surface area contributed by atoms with Crippen LogP contribution in [0.3, 0.4) is 0 Å². The number of anilines is 1. The largest absolute Gasteiger partial charge is 0.377 e. The fourth-order valence-electron chi connectivity index (χ4n) is 2.18. The fraction of sp³-hybridized carbons (Fsp3) is 0.308. The zero-order valence-electron chi connectivity index (χ0n) is 9.89. The normalized spacial score (nSPS) is 22.6. The van der Waals surface area contributed by atoms with Crippen molar-refractivity contribution in [2.45, 2.75) is 28.8 Å². The quantitative estimate of drug-likeness (QED) is 0.837. The summed E-state index contributed by atoms with van der Waals surface area (Å²) in [6, 6.07) is 4.71. The predicted octanol–water partition coefficient (Wildman–Crippen LogP) is 4.94. The maximum atomic E-state index is 4.20. The van der Waals surface area contributed by atoms with Gasteiger partial charge in [-0.05, 0) is 45.4 Å². The molecule has 18 heavy (non-hydrogen) atoms. The summed E-state index contributed by atoms with van der Waals surface area (Å²) in [7, 11) is 0. The Morgan fingerprint density at radius 1 is 1.44 bits per heavy atom. The Kier molecular flexibility index (Phi) is 3.63. The van der Waals surface area contributed by atoms with Crippen LogP contribution >= 0.6 is 39.0 Å². The molecule has 0 fully saturated rings. The van der Waals surface area contributed by atoms with Crippen LogP contribution in [0.4, 0.5) is 5.69 Å². The zero-order chi connectivity index (χ0) is 12.5. The van der Waals surface area contributed by atoms with Gasteiger partial charge in [0.25, 0.3) is 0 Å². The maximum Gasteiger partial charge on any atom is 0.0653 e. The number of rotatable bonds is 2. The molecule has 1 aliphatic rings. The second-order valence-corrected chi connectivity index (χ2v) is 7.96. The van der Waals surface area contributed by atoms with Gasteiger partial charge in [0.15, 0.2) is 0 Å². The Bertz CT molecular complexity index is 555. The van der Waals surface area contributed by atoms with E-state index in [0.29, 0.717) is 11.3 Å². The molecule has 94 valence electrons. The summed E-state index contributed by atoms with van der Waals surface area (Å²) in [5.41, 5.74) is 2.51. The maximum absolute atomic E-state index is 4.20. The second kappa shape index (κ2) is 5.23. The summed E-state index contributed by atoms with van der Waals surface area (Å²) < 4.78 is 2.46. The van der Waals surface area contributed by atoms with Crippen LogP contribution in [0.25, 0.3) is 0 Å². The van der Waals surface area contributed by atoms with Gasteiger partial charge in [0, 0.05) is 15.9 Å². The number of hydrogen-bond donors (Lipinski definition) is 1. The number of aromatic nitrogens is 1. The van der Waals surface area contributed by atoms with E-state index in [2.05, 4.69) is 50.7 Å². The predicted molar refractivity (Wildman–Crippen MR) is 82.6 cm³/mol. The van der Waals surface area contributed by atoms with E-state index in [1.807, 2.05) is 29.3 Å². The van der Waals surface area contributed by atoms with Gasteiger partial charge in [0.05, 0.1) is 22.1 Å². The van der Waals surface area contributed by atoms with Crippen LogP contribution in [0.1, 0.15) is 24.9 Å². The van der Waals surface area contributed by atoms with Gasteiger partial charge in [0.1, 0.15) is 0 Å². The summed E-state index contributed by atoms with van der Waals surface area (Å²) in [4.78, 5) is 4.20. The van der Waals surface area contributed by atoms with Gasteiger partial charge in [-0.25, -0.2) is 0 Å². The molecule has 0 amide bonds. The van der Waals surface area contributed by atoms with Gasteiger partial charge < -0.3 is 5.32 Å². The third kappa shape index (κ3) is 2.58. The Morgan fingerprint density at radius 3 is 3.17 bits per heavy atom. The van der Waals surface area contributed by atoms with Crippen molar-refractivity contribution in [2.24, 2.45) is 0 Å². The molecule has 2 atom stereocenters. The molecule has 0 spiro atoms. The van der Waals surface area contributed by atoms with E-state index in [4.69, 9.17) is 0 Å². The van der Waals surface area contributed by atoms with Crippen molar-refractivity contribution >= 4 is 44.7 Å². The van der Waals surface area contributed by atoms with Crippen LogP contribution < -0.4 is 5.32 Å². The first-order valence-corrected chi connectivity index (χ1v) is 8.39. The molecule has 2 nitrogen and oxygen atoms in total. The minimum atomic E-state index is 0.401. The van der Waals surface area contributed by atoms with E-state index in [-0.39, 0.29) is 0 Å². The van der Waals surface area contributed by atoms with Crippen LogP contribution in [0.2, 0.25) is 0 Å². The van der Waals surface area contributed by atoms with Gasteiger partial charge >= 0.3 is 0 Å².